The average molecular weight is 381 g/mol. The van der Waals surface area contributed by atoms with Crippen LogP contribution in [0.1, 0.15) is 32.3 Å². The van der Waals surface area contributed by atoms with Gasteiger partial charge in [0.25, 0.3) is 5.91 Å². The van der Waals surface area contributed by atoms with E-state index in [0.29, 0.717) is 18.0 Å². The summed E-state index contributed by atoms with van der Waals surface area (Å²) < 4.78 is 11.6. The summed E-state index contributed by atoms with van der Waals surface area (Å²) in [5, 5.41) is 2.94. The van der Waals surface area contributed by atoms with Gasteiger partial charge in [-0.05, 0) is 49.4 Å². The second-order valence-electron chi connectivity index (χ2n) is 7.72. The summed E-state index contributed by atoms with van der Waals surface area (Å²) in [7, 11) is 0. The van der Waals surface area contributed by atoms with Crippen molar-refractivity contribution in [3.05, 3.63) is 48.2 Å². The van der Waals surface area contributed by atoms with Crippen molar-refractivity contribution >= 4 is 11.7 Å². The normalized spacial score (nSPS) is 22.0. The highest BCUT2D eigenvalue weighted by Crippen LogP contribution is 2.33. The molecule has 2 unspecified atom stereocenters. The van der Waals surface area contributed by atoms with Crippen LogP contribution in [0.5, 0.6) is 11.5 Å². The van der Waals surface area contributed by atoms with Crippen molar-refractivity contribution in [2.75, 3.05) is 18.0 Å². The maximum Gasteiger partial charge on any atom is 0.265 e. The smallest absolute Gasteiger partial charge is 0.265 e. The molecule has 28 heavy (non-hydrogen) atoms. The SMILES string of the molecule is CC1CCN(c2ccc(CNC(=O)C3Oc4ccccc4OC3C)cn2)CC1. The van der Waals surface area contributed by atoms with Crippen LogP contribution in [-0.4, -0.2) is 36.2 Å². The Kier molecular flexibility index (Phi) is 5.37. The van der Waals surface area contributed by atoms with Crippen LogP contribution in [0, 0.1) is 5.92 Å². The van der Waals surface area contributed by atoms with Crippen LogP contribution in [-0.2, 0) is 11.3 Å². The zero-order valence-corrected chi connectivity index (χ0v) is 16.4. The van der Waals surface area contributed by atoms with E-state index in [9.17, 15) is 4.79 Å². The first-order chi connectivity index (χ1) is 13.6. The Balaban J connectivity index is 1.32. The van der Waals surface area contributed by atoms with Gasteiger partial charge in [0, 0.05) is 25.8 Å². The lowest BCUT2D eigenvalue weighted by molar-refractivity contribution is -0.133. The highest BCUT2D eigenvalue weighted by Gasteiger charge is 2.33. The third-order valence-corrected chi connectivity index (χ3v) is 5.48. The molecule has 1 aromatic heterocycles. The molecule has 0 bridgehead atoms. The van der Waals surface area contributed by atoms with Crippen LogP contribution >= 0.6 is 0 Å². The van der Waals surface area contributed by atoms with Crippen molar-refractivity contribution < 1.29 is 14.3 Å². The Hall–Kier alpha value is -2.76. The number of carbonyl (C=O) groups excluding carboxylic acids is 1. The molecule has 6 nitrogen and oxygen atoms in total. The number of amides is 1. The molecule has 1 aromatic carbocycles. The maximum atomic E-state index is 12.6. The number of fused-ring (bicyclic) bond motifs is 1. The molecule has 3 heterocycles. The van der Waals surface area contributed by atoms with Crippen LogP contribution < -0.4 is 19.7 Å². The molecular formula is C22H27N3O3. The number of anilines is 1. The molecule has 1 N–H and O–H groups in total. The van der Waals surface area contributed by atoms with Gasteiger partial charge in [-0.2, -0.15) is 0 Å². The molecule has 2 atom stereocenters. The average Bonchev–Trinajstić information content (AvgIpc) is 2.72. The summed E-state index contributed by atoms with van der Waals surface area (Å²) in [4.78, 5) is 19.5. The van der Waals surface area contributed by atoms with E-state index in [1.165, 1.54) is 12.8 Å². The first kappa shape index (κ1) is 18.6. The van der Waals surface area contributed by atoms with E-state index >= 15 is 0 Å². The molecule has 0 spiro atoms. The minimum atomic E-state index is -0.669. The van der Waals surface area contributed by atoms with Crippen molar-refractivity contribution in [1.82, 2.24) is 10.3 Å². The van der Waals surface area contributed by atoms with E-state index in [2.05, 4.69) is 22.1 Å². The van der Waals surface area contributed by atoms with Gasteiger partial charge in [-0.25, -0.2) is 4.98 Å². The Labute approximate surface area is 165 Å². The van der Waals surface area contributed by atoms with E-state index in [4.69, 9.17) is 9.47 Å². The fourth-order valence-corrected chi connectivity index (χ4v) is 3.64. The number of rotatable bonds is 4. The molecule has 1 amide bonds. The molecular weight excluding hydrogens is 354 g/mol. The van der Waals surface area contributed by atoms with Crippen LogP contribution in [0.25, 0.3) is 0 Å². The summed E-state index contributed by atoms with van der Waals surface area (Å²) in [6.07, 6.45) is 3.24. The number of nitrogens with one attached hydrogen (secondary N) is 1. The number of nitrogens with zero attached hydrogens (tertiary/aromatic N) is 2. The van der Waals surface area contributed by atoms with E-state index in [0.717, 1.165) is 30.4 Å². The van der Waals surface area contributed by atoms with Gasteiger partial charge in [-0.1, -0.05) is 25.1 Å². The zero-order valence-electron chi connectivity index (χ0n) is 16.4. The van der Waals surface area contributed by atoms with E-state index in [1.807, 2.05) is 49.5 Å². The lowest BCUT2D eigenvalue weighted by atomic mass is 9.99. The predicted octanol–water partition coefficient (Wildman–Crippen LogP) is 3.16. The Morgan fingerprint density at radius 2 is 1.82 bits per heavy atom. The number of piperidine rings is 1. The number of aromatic nitrogens is 1. The lowest BCUT2D eigenvalue weighted by Gasteiger charge is -2.31. The maximum absolute atomic E-state index is 12.6. The fourth-order valence-electron chi connectivity index (χ4n) is 3.64. The molecule has 0 saturated carbocycles. The third-order valence-electron chi connectivity index (χ3n) is 5.48. The molecule has 4 rings (SSSR count). The Bertz CT molecular complexity index is 816. The molecule has 148 valence electrons. The fraction of sp³-hybridized carbons (Fsp3) is 0.455. The predicted molar refractivity (Wildman–Crippen MR) is 108 cm³/mol. The van der Waals surface area contributed by atoms with Crippen molar-refractivity contribution in [3.8, 4) is 11.5 Å². The second-order valence-corrected chi connectivity index (χ2v) is 7.72. The number of carbonyl (C=O) groups is 1. The summed E-state index contributed by atoms with van der Waals surface area (Å²) in [5.41, 5.74) is 0.965. The minimum Gasteiger partial charge on any atom is -0.482 e. The van der Waals surface area contributed by atoms with Crippen LogP contribution in [0.15, 0.2) is 42.6 Å². The number of hydrogen-bond donors (Lipinski definition) is 1. The van der Waals surface area contributed by atoms with Gasteiger partial charge >= 0.3 is 0 Å². The van der Waals surface area contributed by atoms with Gasteiger partial charge in [0.2, 0.25) is 6.10 Å². The van der Waals surface area contributed by atoms with Gasteiger partial charge in [0.15, 0.2) is 11.5 Å². The number of para-hydroxylation sites is 2. The summed E-state index contributed by atoms with van der Waals surface area (Å²) >= 11 is 0. The standard InChI is InChI=1S/C22H27N3O3/c1-15-9-11-25(12-10-15)20-8-7-17(13-23-20)14-24-22(26)21-16(2)27-18-5-3-4-6-19(18)28-21/h3-8,13,15-16,21H,9-12,14H2,1-2H3,(H,24,26). The van der Waals surface area contributed by atoms with Gasteiger partial charge in [-0.3, -0.25) is 4.79 Å². The molecule has 2 aliphatic heterocycles. The highest BCUT2D eigenvalue weighted by molar-refractivity contribution is 5.82. The van der Waals surface area contributed by atoms with Crippen LogP contribution in [0.2, 0.25) is 0 Å². The number of ether oxygens (including phenoxy) is 2. The second kappa shape index (κ2) is 8.09. The van der Waals surface area contributed by atoms with Crippen molar-refractivity contribution in [2.24, 2.45) is 5.92 Å². The lowest BCUT2D eigenvalue weighted by Crippen LogP contribution is -2.48. The first-order valence-corrected chi connectivity index (χ1v) is 10.00. The minimum absolute atomic E-state index is 0.184. The number of hydrogen-bond acceptors (Lipinski definition) is 5. The molecule has 1 saturated heterocycles. The third kappa shape index (κ3) is 4.06. The molecule has 2 aromatic rings. The highest BCUT2D eigenvalue weighted by atomic mass is 16.6. The largest absolute Gasteiger partial charge is 0.482 e. The molecule has 0 radical (unpaired) electrons. The number of pyridine rings is 1. The summed E-state index contributed by atoms with van der Waals surface area (Å²) in [5.74, 6) is 2.90. The summed E-state index contributed by atoms with van der Waals surface area (Å²) in [6.45, 7) is 6.68. The van der Waals surface area contributed by atoms with Crippen molar-refractivity contribution in [1.29, 1.82) is 0 Å². The number of benzene rings is 1. The van der Waals surface area contributed by atoms with Crippen LogP contribution in [0.3, 0.4) is 0 Å². The Morgan fingerprint density at radius 1 is 1.11 bits per heavy atom. The van der Waals surface area contributed by atoms with Gasteiger partial charge in [0.05, 0.1) is 0 Å². The zero-order chi connectivity index (χ0) is 19.5. The molecule has 0 aliphatic carbocycles. The first-order valence-electron chi connectivity index (χ1n) is 10.00. The quantitative estimate of drug-likeness (QED) is 0.881. The van der Waals surface area contributed by atoms with E-state index in [1.54, 1.807) is 0 Å². The van der Waals surface area contributed by atoms with Crippen LogP contribution in [0.4, 0.5) is 5.82 Å². The molecule has 2 aliphatic rings. The monoisotopic (exact) mass is 381 g/mol. The summed E-state index contributed by atoms with van der Waals surface area (Å²) in [6, 6.07) is 11.5. The van der Waals surface area contributed by atoms with Gasteiger partial charge < -0.3 is 19.7 Å². The van der Waals surface area contributed by atoms with Crippen molar-refractivity contribution in [3.63, 3.8) is 0 Å². The Morgan fingerprint density at radius 3 is 2.50 bits per heavy atom. The van der Waals surface area contributed by atoms with Gasteiger partial charge in [0.1, 0.15) is 11.9 Å². The molecule has 6 heteroatoms. The van der Waals surface area contributed by atoms with Gasteiger partial charge in [-0.15, -0.1) is 0 Å². The van der Waals surface area contributed by atoms with E-state index in [-0.39, 0.29) is 12.0 Å². The topological polar surface area (TPSA) is 63.7 Å². The van der Waals surface area contributed by atoms with Crippen molar-refractivity contribution in [2.45, 2.75) is 45.4 Å². The molecule has 1 fully saturated rings. The van der Waals surface area contributed by atoms with E-state index < -0.39 is 6.10 Å².